The molecule has 4 heterocycles. The monoisotopic (exact) mass is 747 g/mol. The van der Waals surface area contributed by atoms with Crippen molar-refractivity contribution < 1.29 is 48.0 Å². The zero-order valence-corrected chi connectivity index (χ0v) is 30.0. The van der Waals surface area contributed by atoms with Gasteiger partial charge in [0.05, 0.1) is 44.4 Å². The summed E-state index contributed by atoms with van der Waals surface area (Å²) in [6, 6.07) is 16.1. The van der Waals surface area contributed by atoms with Crippen molar-refractivity contribution in [2.24, 2.45) is 5.92 Å². The Kier molecular flexibility index (Phi) is 11.0. The highest BCUT2D eigenvalue weighted by Gasteiger charge is 2.54. The highest BCUT2D eigenvalue weighted by Crippen LogP contribution is 2.57. The second kappa shape index (κ2) is 16.0. The quantitative estimate of drug-likeness (QED) is 0.0803. The van der Waals surface area contributed by atoms with Crippen LogP contribution < -0.4 is 19.9 Å². The number of ether oxygens (including phenoxy) is 5. The second-order valence-corrected chi connectivity index (χ2v) is 14.0. The molecule has 14 heteroatoms. The van der Waals surface area contributed by atoms with Gasteiger partial charge in [-0.15, -0.1) is 11.6 Å². The lowest BCUT2D eigenvalue weighted by atomic mass is 9.77. The fourth-order valence-electron chi connectivity index (χ4n) is 7.21. The Morgan fingerprint density at radius 3 is 2.17 bits per heavy atom. The molecule has 0 aromatic heterocycles. The van der Waals surface area contributed by atoms with Gasteiger partial charge in [0.2, 0.25) is 0 Å². The number of benzene rings is 3. The molecule has 0 saturated carbocycles. The van der Waals surface area contributed by atoms with Crippen molar-refractivity contribution in [2.75, 3.05) is 74.8 Å². The zero-order chi connectivity index (χ0) is 37.0. The van der Waals surface area contributed by atoms with E-state index in [1.165, 1.54) is 0 Å². The molecular formula is C39H42ClN3O10. The molecule has 13 nitrogen and oxygen atoms in total. The lowest BCUT2D eigenvalue weighted by Gasteiger charge is -2.42. The maximum Gasteiger partial charge on any atom is 0.340 e. The minimum Gasteiger partial charge on any atom is -0.481 e. The van der Waals surface area contributed by atoms with Crippen LogP contribution in [0, 0.1) is 5.92 Å². The Bertz CT molecular complexity index is 1860. The van der Waals surface area contributed by atoms with Gasteiger partial charge in [-0.1, -0.05) is 12.8 Å². The van der Waals surface area contributed by atoms with Gasteiger partial charge < -0.3 is 43.9 Å². The summed E-state index contributed by atoms with van der Waals surface area (Å²) in [6.45, 7) is 4.41. The number of hydrogen-bond donors (Lipinski definition) is 2. The van der Waals surface area contributed by atoms with E-state index in [1.54, 1.807) is 18.2 Å². The van der Waals surface area contributed by atoms with Gasteiger partial charge in [0.25, 0.3) is 12.4 Å². The minimum absolute atomic E-state index is 0.204. The summed E-state index contributed by atoms with van der Waals surface area (Å²) in [6.07, 6.45) is 4.00. The van der Waals surface area contributed by atoms with Crippen molar-refractivity contribution in [1.29, 1.82) is 0 Å². The van der Waals surface area contributed by atoms with Gasteiger partial charge in [-0.2, -0.15) is 0 Å². The van der Waals surface area contributed by atoms with Crippen molar-refractivity contribution in [3.8, 4) is 11.5 Å². The van der Waals surface area contributed by atoms with Gasteiger partial charge in [0.1, 0.15) is 17.6 Å². The van der Waals surface area contributed by atoms with E-state index in [-0.39, 0.29) is 18.6 Å². The molecule has 0 bridgehead atoms. The highest BCUT2D eigenvalue weighted by atomic mass is 35.5. The van der Waals surface area contributed by atoms with Crippen LogP contribution in [0.3, 0.4) is 0 Å². The van der Waals surface area contributed by atoms with Crippen LogP contribution in [0.2, 0.25) is 0 Å². The molecule has 7 rings (SSSR count). The molecule has 2 fully saturated rings. The smallest absolute Gasteiger partial charge is 0.340 e. The number of nitrogens with zero attached hydrogens (tertiary/aromatic N) is 2. The molecule has 1 amide bonds. The molecular weight excluding hydrogens is 706 g/mol. The third-order valence-corrected chi connectivity index (χ3v) is 10.4. The lowest BCUT2D eigenvalue weighted by Crippen LogP contribution is -2.52. The van der Waals surface area contributed by atoms with Crippen LogP contribution in [0.4, 0.5) is 11.4 Å². The first-order valence-electron chi connectivity index (χ1n) is 18.0. The second-order valence-electron chi connectivity index (χ2n) is 13.6. The predicted molar refractivity (Wildman–Crippen MR) is 194 cm³/mol. The number of nitrogens with one attached hydrogen (secondary N) is 1. The molecule has 1 atom stereocenters. The SMILES string of the molecule is O=COC1CN(c2ccc3c(c2)Oc2cc(N4CC(C(=O)O)C4)ccc2C32OC(=O)c3ccc(C(=O)NCCOCCOCCCCCCCl)cc32)C1. The molecule has 0 aliphatic carbocycles. The van der Waals surface area contributed by atoms with Crippen molar-refractivity contribution >= 4 is 47.3 Å². The van der Waals surface area contributed by atoms with Gasteiger partial charge >= 0.3 is 11.9 Å². The van der Waals surface area contributed by atoms with E-state index in [0.717, 1.165) is 37.1 Å². The summed E-state index contributed by atoms with van der Waals surface area (Å²) in [7, 11) is 0. The number of aliphatic carboxylic acids is 1. The number of rotatable bonds is 18. The largest absolute Gasteiger partial charge is 0.481 e. The van der Waals surface area contributed by atoms with Crippen molar-refractivity contribution in [1.82, 2.24) is 5.32 Å². The zero-order valence-electron chi connectivity index (χ0n) is 29.2. The first kappa shape index (κ1) is 36.5. The molecule has 4 aliphatic rings. The van der Waals surface area contributed by atoms with E-state index in [9.17, 15) is 24.3 Å². The van der Waals surface area contributed by atoms with Crippen LogP contribution in [0.25, 0.3) is 0 Å². The molecule has 3 aromatic carbocycles. The normalized spacial score (nSPS) is 18.6. The summed E-state index contributed by atoms with van der Waals surface area (Å²) < 4.78 is 29.2. The number of carboxylic acid groups (broad SMARTS) is 1. The van der Waals surface area contributed by atoms with Crippen LogP contribution in [0.15, 0.2) is 54.6 Å². The predicted octanol–water partition coefficient (Wildman–Crippen LogP) is 4.70. The lowest BCUT2D eigenvalue weighted by molar-refractivity contribution is -0.142. The number of halogens is 1. The van der Waals surface area contributed by atoms with Crippen LogP contribution in [-0.2, 0) is 34.1 Å². The minimum atomic E-state index is -1.42. The van der Waals surface area contributed by atoms with Crippen molar-refractivity contribution in [2.45, 2.75) is 37.4 Å². The molecule has 2 saturated heterocycles. The van der Waals surface area contributed by atoms with E-state index in [0.29, 0.717) is 104 Å². The molecule has 280 valence electrons. The van der Waals surface area contributed by atoms with Gasteiger partial charge in [0, 0.05) is 77.9 Å². The molecule has 4 aliphatic heterocycles. The standard InChI is InChI=1S/C39H42ClN3O10/c40-11-3-1-2-4-13-49-15-16-50-14-12-41-36(45)25-5-8-30-33(17-25)39(53-38(30)48)31-9-6-27(42-20-26(21-42)37(46)47)18-34(31)52-35-19-28(7-10-32(35)39)43-22-29(23-43)51-24-44/h5-10,17-19,24,26,29H,1-4,11-16,20-23H2,(H,41,45)(H,46,47). The number of unbranched alkanes of at least 4 members (excludes halogenated alkanes) is 3. The third-order valence-electron chi connectivity index (χ3n) is 10.2. The van der Waals surface area contributed by atoms with Gasteiger partial charge in [-0.25, -0.2) is 4.79 Å². The summed E-state index contributed by atoms with van der Waals surface area (Å²) in [4.78, 5) is 53.3. The topological polar surface area (TPSA) is 153 Å². The number of amides is 1. The first-order chi connectivity index (χ1) is 25.8. The number of anilines is 2. The van der Waals surface area contributed by atoms with E-state index < -0.39 is 23.5 Å². The maximum atomic E-state index is 13.6. The Labute approximate surface area is 312 Å². The van der Waals surface area contributed by atoms with Crippen LogP contribution in [0.1, 0.15) is 63.1 Å². The highest BCUT2D eigenvalue weighted by molar-refractivity contribution is 6.17. The average molecular weight is 748 g/mol. The van der Waals surface area contributed by atoms with Crippen molar-refractivity contribution in [3.05, 3.63) is 82.4 Å². The Morgan fingerprint density at radius 2 is 1.51 bits per heavy atom. The van der Waals surface area contributed by atoms with E-state index in [4.69, 9.17) is 35.3 Å². The number of fused-ring (bicyclic) bond motifs is 6. The molecule has 53 heavy (non-hydrogen) atoms. The number of carboxylic acids is 1. The molecule has 3 aromatic rings. The Morgan fingerprint density at radius 1 is 0.849 bits per heavy atom. The molecule has 1 unspecified atom stereocenters. The van der Waals surface area contributed by atoms with Crippen LogP contribution in [0.5, 0.6) is 11.5 Å². The Balaban J connectivity index is 1.10. The maximum absolute atomic E-state index is 13.6. The first-order valence-corrected chi connectivity index (χ1v) is 18.5. The number of carbonyl (C=O) groups is 4. The summed E-state index contributed by atoms with van der Waals surface area (Å²) in [5.74, 6) is -0.559. The van der Waals surface area contributed by atoms with Gasteiger partial charge in [0.15, 0.2) is 5.60 Å². The van der Waals surface area contributed by atoms with Crippen LogP contribution >= 0.6 is 11.6 Å². The van der Waals surface area contributed by atoms with E-state index in [2.05, 4.69) is 5.32 Å². The van der Waals surface area contributed by atoms with E-state index in [1.807, 2.05) is 46.2 Å². The van der Waals surface area contributed by atoms with E-state index >= 15 is 0 Å². The number of esters is 1. The summed E-state index contributed by atoms with van der Waals surface area (Å²) in [5.41, 5.74) is 2.55. The summed E-state index contributed by atoms with van der Waals surface area (Å²) in [5, 5.41) is 12.3. The summed E-state index contributed by atoms with van der Waals surface area (Å²) >= 11 is 5.71. The third kappa shape index (κ3) is 7.38. The fraction of sp³-hybridized carbons (Fsp3) is 0.436. The number of carbonyl (C=O) groups excluding carboxylic acids is 3. The number of hydrogen-bond acceptors (Lipinski definition) is 11. The fourth-order valence-corrected chi connectivity index (χ4v) is 7.39. The molecule has 2 N–H and O–H groups in total. The van der Waals surface area contributed by atoms with Gasteiger partial charge in [-0.05, 0) is 55.3 Å². The average Bonchev–Trinajstić information content (AvgIpc) is 3.40. The number of alkyl halides is 1. The van der Waals surface area contributed by atoms with Crippen molar-refractivity contribution in [3.63, 3.8) is 0 Å². The Hall–Kier alpha value is -4.85. The molecule has 0 radical (unpaired) electrons. The van der Waals surface area contributed by atoms with Gasteiger partial charge in [-0.3, -0.25) is 14.4 Å². The van der Waals surface area contributed by atoms with Crippen LogP contribution in [-0.4, -0.2) is 101 Å². The molecule has 1 spiro atoms.